The summed E-state index contributed by atoms with van der Waals surface area (Å²) >= 11 is 0. The number of rotatable bonds is 4. The maximum absolute atomic E-state index is 11.7. The Labute approximate surface area is 194 Å². The number of hydrogen-bond donors (Lipinski definition) is 4. The molecule has 4 fully saturated rings. The molecule has 5 aliphatic rings. The average Bonchev–Trinajstić information content (AvgIpc) is 3.26. The summed E-state index contributed by atoms with van der Waals surface area (Å²) in [6.07, 6.45) is 9.12. The van der Waals surface area contributed by atoms with Crippen molar-refractivity contribution in [3.63, 3.8) is 0 Å². The predicted molar refractivity (Wildman–Crippen MR) is 121 cm³/mol. The third kappa shape index (κ3) is 2.90. The van der Waals surface area contributed by atoms with Gasteiger partial charge in [-0.2, -0.15) is 0 Å². The first-order valence-electron chi connectivity index (χ1n) is 12.2. The number of nitrogens with zero attached hydrogens (tertiary/aromatic N) is 2. The zero-order valence-corrected chi connectivity index (χ0v) is 19.6. The highest BCUT2D eigenvalue weighted by Crippen LogP contribution is 2.69. The summed E-state index contributed by atoms with van der Waals surface area (Å²) < 4.78 is 12.9. The Bertz CT molecular complexity index is 930. The summed E-state index contributed by atoms with van der Waals surface area (Å²) in [6, 6.07) is 0. The van der Waals surface area contributed by atoms with Crippen LogP contribution in [0.5, 0.6) is 0 Å². The summed E-state index contributed by atoms with van der Waals surface area (Å²) in [5.41, 5.74) is 0.0201. The topological polar surface area (TPSA) is 124 Å². The molecule has 0 aromatic rings. The van der Waals surface area contributed by atoms with Crippen molar-refractivity contribution in [3.05, 3.63) is 23.8 Å². The van der Waals surface area contributed by atoms with Gasteiger partial charge >= 0.3 is 0 Å². The summed E-state index contributed by atoms with van der Waals surface area (Å²) in [4.78, 5) is 0. The van der Waals surface area contributed by atoms with Gasteiger partial charge in [0.2, 0.25) is 0 Å². The van der Waals surface area contributed by atoms with Crippen LogP contribution in [0.3, 0.4) is 0 Å². The molecule has 33 heavy (non-hydrogen) atoms. The minimum Gasteiger partial charge on any atom is -0.411 e. The van der Waals surface area contributed by atoms with Gasteiger partial charge < -0.3 is 30.1 Å². The largest absolute Gasteiger partial charge is 0.411 e. The van der Waals surface area contributed by atoms with Gasteiger partial charge in [0, 0.05) is 16.7 Å². The van der Waals surface area contributed by atoms with Crippen LogP contribution in [-0.2, 0) is 9.47 Å². The van der Waals surface area contributed by atoms with E-state index >= 15 is 0 Å². The molecule has 1 unspecified atom stereocenters. The molecule has 0 aromatic heterocycles. The Hall–Kier alpha value is -1.74. The lowest BCUT2D eigenvalue weighted by Crippen LogP contribution is -2.63. The molecule has 1 heterocycles. The van der Waals surface area contributed by atoms with Crippen molar-refractivity contribution < 1.29 is 30.1 Å². The van der Waals surface area contributed by atoms with Gasteiger partial charge in [0.25, 0.3) is 0 Å². The van der Waals surface area contributed by atoms with Crippen LogP contribution >= 0.6 is 0 Å². The van der Waals surface area contributed by atoms with Crippen molar-refractivity contribution in [1.82, 2.24) is 0 Å². The van der Waals surface area contributed by atoms with Crippen molar-refractivity contribution in [2.45, 2.75) is 83.4 Å². The van der Waals surface area contributed by atoms with Gasteiger partial charge in [-0.05, 0) is 56.1 Å². The highest BCUT2D eigenvalue weighted by Gasteiger charge is 2.75. The van der Waals surface area contributed by atoms with Gasteiger partial charge in [-0.3, -0.25) is 0 Å². The molecule has 5 rings (SSSR count). The molecule has 1 saturated heterocycles. The van der Waals surface area contributed by atoms with Gasteiger partial charge in [0.1, 0.15) is 17.0 Å². The fourth-order valence-electron chi connectivity index (χ4n) is 8.32. The van der Waals surface area contributed by atoms with Crippen molar-refractivity contribution in [3.8, 4) is 0 Å². The number of aliphatic hydroxyl groups is 2. The zero-order valence-electron chi connectivity index (χ0n) is 19.6. The quantitative estimate of drug-likeness (QED) is 0.290. The van der Waals surface area contributed by atoms with Gasteiger partial charge in [-0.15, -0.1) is 0 Å². The lowest BCUT2D eigenvalue weighted by atomic mass is 9.46. The van der Waals surface area contributed by atoms with Gasteiger partial charge in [-0.25, -0.2) is 0 Å². The molecule has 8 heteroatoms. The first-order chi connectivity index (χ1) is 15.8. The average molecular weight is 461 g/mol. The third-order valence-corrected chi connectivity index (χ3v) is 9.64. The Morgan fingerprint density at radius 3 is 2.73 bits per heavy atom. The molecule has 4 aliphatic carbocycles. The van der Waals surface area contributed by atoms with E-state index in [9.17, 15) is 20.6 Å². The molecule has 182 valence electrons. The van der Waals surface area contributed by atoms with E-state index < -0.39 is 30.0 Å². The van der Waals surface area contributed by atoms with Gasteiger partial charge in [0.05, 0.1) is 18.8 Å². The first-order valence-corrected chi connectivity index (χ1v) is 12.2. The van der Waals surface area contributed by atoms with E-state index in [-0.39, 0.29) is 35.0 Å². The molecule has 3 saturated carbocycles. The van der Waals surface area contributed by atoms with Gasteiger partial charge in [-0.1, -0.05) is 49.2 Å². The highest BCUT2D eigenvalue weighted by molar-refractivity contribution is 6.05. The Morgan fingerprint density at radius 1 is 1.27 bits per heavy atom. The van der Waals surface area contributed by atoms with Crippen LogP contribution in [-0.4, -0.2) is 62.8 Å². The summed E-state index contributed by atoms with van der Waals surface area (Å²) in [6.45, 7) is 5.95. The van der Waals surface area contributed by atoms with Crippen LogP contribution in [0, 0.1) is 28.6 Å². The van der Waals surface area contributed by atoms with E-state index in [1.807, 2.05) is 12.2 Å². The number of oxime groups is 2. The molecular weight excluding hydrogens is 424 g/mol. The highest BCUT2D eigenvalue weighted by atomic mass is 16.7. The monoisotopic (exact) mass is 460 g/mol. The lowest BCUT2D eigenvalue weighted by Gasteiger charge is -2.60. The molecule has 0 spiro atoms. The van der Waals surface area contributed by atoms with E-state index in [1.165, 1.54) is 5.57 Å². The minimum absolute atomic E-state index is 0.0121. The molecule has 0 bridgehead atoms. The fourth-order valence-corrected chi connectivity index (χ4v) is 8.32. The molecule has 9 atom stereocenters. The number of aliphatic hydroxyl groups excluding tert-OH is 2. The molecule has 8 nitrogen and oxygen atoms in total. The smallest absolute Gasteiger partial charge is 0.159 e. The summed E-state index contributed by atoms with van der Waals surface area (Å²) in [7, 11) is 0. The SMILES string of the molecule is CCCC1O[C@@H]2C[C@H]3[C@@H]4CCC5=C/C(=N/O)C=C[C@]5(C)[C@H]4[C@@H](O)C[C@]3(C)[C@]2(/C(CO)=N/O)O1. The van der Waals surface area contributed by atoms with Crippen molar-refractivity contribution >= 4 is 11.4 Å². The van der Waals surface area contributed by atoms with Crippen molar-refractivity contribution in [2.24, 2.45) is 38.9 Å². The second kappa shape index (κ2) is 7.90. The van der Waals surface area contributed by atoms with Crippen LogP contribution < -0.4 is 0 Å². The third-order valence-electron chi connectivity index (χ3n) is 9.64. The first kappa shape index (κ1) is 23.0. The maximum Gasteiger partial charge on any atom is 0.159 e. The van der Waals surface area contributed by atoms with Gasteiger partial charge in [0.15, 0.2) is 6.29 Å². The van der Waals surface area contributed by atoms with Crippen molar-refractivity contribution in [1.29, 1.82) is 0 Å². The maximum atomic E-state index is 11.7. The number of ether oxygens (including phenoxy) is 2. The van der Waals surface area contributed by atoms with E-state index in [2.05, 4.69) is 37.2 Å². The van der Waals surface area contributed by atoms with Crippen LogP contribution in [0.2, 0.25) is 0 Å². The summed E-state index contributed by atoms with van der Waals surface area (Å²) in [5.74, 6) is 0.413. The van der Waals surface area contributed by atoms with E-state index in [4.69, 9.17) is 9.47 Å². The molecular formula is C25H36N2O6. The van der Waals surface area contributed by atoms with Crippen LogP contribution in [0.15, 0.2) is 34.1 Å². The predicted octanol–water partition coefficient (Wildman–Crippen LogP) is 3.24. The van der Waals surface area contributed by atoms with E-state index in [0.29, 0.717) is 12.1 Å². The number of fused-ring (bicyclic) bond motifs is 7. The number of allylic oxidation sites excluding steroid dienone is 4. The number of hydrogen-bond acceptors (Lipinski definition) is 8. The van der Waals surface area contributed by atoms with Crippen LogP contribution in [0.25, 0.3) is 0 Å². The molecule has 0 aromatic carbocycles. The second-order valence-electron chi connectivity index (χ2n) is 11.0. The lowest BCUT2D eigenvalue weighted by molar-refractivity contribution is -0.176. The fraction of sp³-hybridized carbons (Fsp3) is 0.760. The normalized spacial score (nSPS) is 49.9. The Kier molecular flexibility index (Phi) is 5.51. The molecule has 1 aliphatic heterocycles. The standard InChI is InChI=1S/C25H36N2O6/c1-4-5-21-32-20-11-17-16-7-6-14-10-15(26-30)8-9-23(14,2)22(16)18(29)12-24(17,3)25(20,33-21)19(13-28)27-31/h8-10,16-18,20-22,28-31H,4-7,11-13H2,1-3H3/b26-15+,27-19+/t16-,17-,18-,20+,21?,22+,23-,24-,25+/m0/s1. The molecule has 0 amide bonds. The van der Waals surface area contributed by atoms with Crippen molar-refractivity contribution in [2.75, 3.05) is 6.61 Å². The molecule has 4 N–H and O–H groups in total. The van der Waals surface area contributed by atoms with Crippen LogP contribution in [0.1, 0.15) is 59.3 Å². The minimum atomic E-state index is -1.05. The van der Waals surface area contributed by atoms with E-state index in [0.717, 1.165) is 32.1 Å². The molecule has 0 radical (unpaired) electrons. The Balaban J connectivity index is 1.56. The van der Waals surface area contributed by atoms with Crippen LogP contribution in [0.4, 0.5) is 0 Å². The van der Waals surface area contributed by atoms with E-state index in [1.54, 1.807) is 0 Å². The Morgan fingerprint density at radius 2 is 2.06 bits per heavy atom. The zero-order chi connectivity index (χ0) is 23.6. The second-order valence-corrected chi connectivity index (χ2v) is 11.0. The summed E-state index contributed by atoms with van der Waals surface area (Å²) in [5, 5.41) is 47.8.